The van der Waals surface area contributed by atoms with Crippen molar-refractivity contribution in [2.75, 3.05) is 32.9 Å². The van der Waals surface area contributed by atoms with Gasteiger partial charge in [0.2, 0.25) is 10.0 Å². The molecule has 1 saturated carbocycles. The summed E-state index contributed by atoms with van der Waals surface area (Å²) in [6.07, 6.45) is 6.84. The summed E-state index contributed by atoms with van der Waals surface area (Å²) in [7, 11) is -3.54. The van der Waals surface area contributed by atoms with Gasteiger partial charge in [-0.1, -0.05) is 25.7 Å². The van der Waals surface area contributed by atoms with Crippen LogP contribution in [0, 0.1) is 6.92 Å². The third-order valence-corrected chi connectivity index (χ3v) is 7.23. The summed E-state index contributed by atoms with van der Waals surface area (Å²) in [5, 5.41) is 3.05. The summed E-state index contributed by atoms with van der Waals surface area (Å²) in [6, 6.07) is 5.00. The third kappa shape index (κ3) is 5.46. The molecular formula is C20H30N2O5S. The normalized spacial score (nSPS) is 19.8. The summed E-state index contributed by atoms with van der Waals surface area (Å²) in [5.41, 5.74) is 0.691. The van der Waals surface area contributed by atoms with Gasteiger partial charge in [0.25, 0.3) is 5.91 Å². The largest absolute Gasteiger partial charge is 0.484 e. The van der Waals surface area contributed by atoms with Gasteiger partial charge < -0.3 is 14.8 Å². The van der Waals surface area contributed by atoms with Crippen LogP contribution in [-0.4, -0.2) is 57.6 Å². The lowest BCUT2D eigenvalue weighted by molar-refractivity contribution is -0.123. The average molecular weight is 411 g/mol. The third-order valence-electron chi connectivity index (χ3n) is 5.33. The predicted molar refractivity (Wildman–Crippen MR) is 106 cm³/mol. The van der Waals surface area contributed by atoms with Crippen molar-refractivity contribution in [3.8, 4) is 5.75 Å². The number of carbonyl (C=O) groups excluding carboxylic acids is 1. The lowest BCUT2D eigenvalue weighted by Crippen LogP contribution is -2.40. The van der Waals surface area contributed by atoms with Gasteiger partial charge in [-0.15, -0.1) is 0 Å². The number of aryl methyl sites for hydroxylation is 1. The van der Waals surface area contributed by atoms with Gasteiger partial charge in [0.1, 0.15) is 5.75 Å². The van der Waals surface area contributed by atoms with E-state index in [1.54, 1.807) is 19.1 Å². The number of amides is 1. The molecule has 1 amide bonds. The van der Waals surface area contributed by atoms with Crippen LogP contribution in [0.1, 0.15) is 44.1 Å². The fourth-order valence-electron chi connectivity index (χ4n) is 3.72. The number of benzene rings is 1. The number of nitrogens with one attached hydrogen (secondary N) is 1. The Morgan fingerprint density at radius 2 is 1.86 bits per heavy atom. The predicted octanol–water partition coefficient (Wildman–Crippen LogP) is 2.23. The van der Waals surface area contributed by atoms with E-state index in [0.717, 1.165) is 25.7 Å². The quantitative estimate of drug-likeness (QED) is 0.727. The fourth-order valence-corrected chi connectivity index (χ4v) is 5.21. The molecule has 2 aliphatic rings. The second-order valence-corrected chi connectivity index (χ2v) is 9.43. The van der Waals surface area contributed by atoms with Crippen molar-refractivity contribution < 1.29 is 22.7 Å². The Bertz CT molecular complexity index is 767. The Kier molecular flexibility index (Phi) is 7.31. The van der Waals surface area contributed by atoms with Crippen molar-refractivity contribution in [3.63, 3.8) is 0 Å². The number of morpholine rings is 1. The van der Waals surface area contributed by atoms with Gasteiger partial charge in [-0.05, 0) is 43.5 Å². The molecule has 1 aliphatic carbocycles. The number of nitrogens with zero attached hydrogens (tertiary/aromatic N) is 1. The molecule has 0 aromatic heterocycles. The van der Waals surface area contributed by atoms with Crippen LogP contribution in [0.3, 0.4) is 0 Å². The first kappa shape index (κ1) is 21.1. The first-order chi connectivity index (χ1) is 13.5. The number of hydrogen-bond acceptors (Lipinski definition) is 5. The smallest absolute Gasteiger partial charge is 0.258 e. The lowest BCUT2D eigenvalue weighted by Gasteiger charge is -2.26. The fraction of sp³-hybridized carbons (Fsp3) is 0.650. The number of ether oxygens (including phenoxy) is 2. The number of hydrogen-bond donors (Lipinski definition) is 1. The highest BCUT2D eigenvalue weighted by Crippen LogP contribution is 2.24. The van der Waals surface area contributed by atoms with Crippen LogP contribution >= 0.6 is 0 Å². The van der Waals surface area contributed by atoms with E-state index >= 15 is 0 Å². The molecule has 156 valence electrons. The topological polar surface area (TPSA) is 84.9 Å². The van der Waals surface area contributed by atoms with Crippen LogP contribution in [0.4, 0.5) is 0 Å². The Hall–Kier alpha value is -1.64. The first-order valence-electron chi connectivity index (χ1n) is 10.1. The summed E-state index contributed by atoms with van der Waals surface area (Å²) >= 11 is 0. The van der Waals surface area contributed by atoms with E-state index in [-0.39, 0.29) is 23.5 Å². The van der Waals surface area contributed by atoms with Gasteiger partial charge in [0, 0.05) is 19.1 Å². The van der Waals surface area contributed by atoms with E-state index < -0.39 is 10.0 Å². The van der Waals surface area contributed by atoms with Crippen LogP contribution in [0.2, 0.25) is 0 Å². The zero-order valence-corrected chi connectivity index (χ0v) is 17.3. The van der Waals surface area contributed by atoms with Gasteiger partial charge in [-0.2, -0.15) is 4.31 Å². The van der Waals surface area contributed by atoms with Crippen molar-refractivity contribution >= 4 is 15.9 Å². The van der Waals surface area contributed by atoms with E-state index in [0.29, 0.717) is 37.6 Å². The van der Waals surface area contributed by atoms with Crippen LogP contribution in [0.15, 0.2) is 23.1 Å². The van der Waals surface area contributed by atoms with Crippen molar-refractivity contribution in [2.24, 2.45) is 0 Å². The van der Waals surface area contributed by atoms with Crippen molar-refractivity contribution in [1.29, 1.82) is 0 Å². The van der Waals surface area contributed by atoms with E-state index in [4.69, 9.17) is 9.47 Å². The molecule has 0 atom stereocenters. The summed E-state index contributed by atoms with van der Waals surface area (Å²) in [6.45, 7) is 3.27. The molecule has 1 aromatic carbocycles. The van der Waals surface area contributed by atoms with Crippen LogP contribution in [0.25, 0.3) is 0 Å². The summed E-state index contributed by atoms with van der Waals surface area (Å²) in [4.78, 5) is 12.4. The zero-order chi connectivity index (χ0) is 20.0. The van der Waals surface area contributed by atoms with Crippen LogP contribution in [-0.2, 0) is 19.6 Å². The Morgan fingerprint density at radius 1 is 1.18 bits per heavy atom. The molecular weight excluding hydrogens is 380 g/mol. The van der Waals surface area contributed by atoms with Crippen molar-refractivity contribution in [2.45, 2.75) is 56.4 Å². The standard InChI is InChI=1S/C20H30N2O5S/c1-16-14-18(28(24,25)22-10-12-26-13-11-22)8-9-19(16)27-15-20(23)21-17-6-4-2-3-5-7-17/h8-9,14,17H,2-7,10-13,15H2,1H3,(H,21,23). The van der Waals surface area contributed by atoms with Crippen LogP contribution < -0.4 is 10.1 Å². The van der Waals surface area contributed by atoms with E-state index in [9.17, 15) is 13.2 Å². The molecule has 1 aromatic rings. The molecule has 0 bridgehead atoms. The summed E-state index contributed by atoms with van der Waals surface area (Å²) in [5.74, 6) is 0.397. The van der Waals surface area contributed by atoms with E-state index in [2.05, 4.69) is 5.32 Å². The Labute approximate surface area is 167 Å². The molecule has 0 unspecified atom stereocenters. The lowest BCUT2D eigenvalue weighted by atomic mass is 10.1. The Morgan fingerprint density at radius 3 is 2.50 bits per heavy atom. The highest BCUT2D eigenvalue weighted by atomic mass is 32.2. The van der Waals surface area contributed by atoms with Crippen molar-refractivity contribution in [1.82, 2.24) is 9.62 Å². The molecule has 8 heteroatoms. The maximum Gasteiger partial charge on any atom is 0.258 e. The van der Waals surface area contributed by atoms with Crippen molar-refractivity contribution in [3.05, 3.63) is 23.8 Å². The SMILES string of the molecule is Cc1cc(S(=O)(=O)N2CCOCC2)ccc1OCC(=O)NC1CCCCCC1. The molecule has 1 aliphatic heterocycles. The molecule has 3 rings (SSSR count). The van der Waals surface area contributed by atoms with Gasteiger partial charge in [-0.25, -0.2) is 8.42 Å². The highest BCUT2D eigenvalue weighted by Gasteiger charge is 2.26. The molecule has 2 fully saturated rings. The zero-order valence-electron chi connectivity index (χ0n) is 16.5. The minimum absolute atomic E-state index is 0.0626. The van der Waals surface area contributed by atoms with E-state index in [1.165, 1.54) is 23.2 Å². The van der Waals surface area contributed by atoms with E-state index in [1.807, 2.05) is 0 Å². The molecule has 1 N–H and O–H groups in total. The molecule has 1 saturated heterocycles. The summed E-state index contributed by atoms with van der Waals surface area (Å²) < 4.78 is 37.8. The first-order valence-corrected chi connectivity index (χ1v) is 11.5. The maximum absolute atomic E-state index is 12.7. The maximum atomic E-state index is 12.7. The molecule has 0 radical (unpaired) electrons. The minimum Gasteiger partial charge on any atom is -0.484 e. The molecule has 0 spiro atoms. The van der Waals surface area contributed by atoms with Gasteiger partial charge in [0.05, 0.1) is 18.1 Å². The molecule has 7 nitrogen and oxygen atoms in total. The second kappa shape index (κ2) is 9.71. The second-order valence-electron chi connectivity index (χ2n) is 7.49. The monoisotopic (exact) mass is 410 g/mol. The van der Waals surface area contributed by atoms with Gasteiger partial charge in [0.15, 0.2) is 6.61 Å². The number of carbonyl (C=O) groups is 1. The Balaban J connectivity index is 1.57. The number of rotatable bonds is 6. The molecule has 1 heterocycles. The average Bonchev–Trinajstić information content (AvgIpc) is 2.96. The van der Waals surface area contributed by atoms with Gasteiger partial charge in [-0.3, -0.25) is 4.79 Å². The molecule has 28 heavy (non-hydrogen) atoms. The minimum atomic E-state index is -3.54. The highest BCUT2D eigenvalue weighted by molar-refractivity contribution is 7.89. The van der Waals surface area contributed by atoms with Gasteiger partial charge >= 0.3 is 0 Å². The van der Waals surface area contributed by atoms with Crippen LogP contribution in [0.5, 0.6) is 5.75 Å². The number of sulfonamides is 1.